The fourth-order valence-electron chi connectivity index (χ4n) is 0.757. The van der Waals surface area contributed by atoms with Crippen LogP contribution in [-0.2, 0) is 0 Å². The van der Waals surface area contributed by atoms with Crippen molar-refractivity contribution in [2.75, 3.05) is 0 Å². The molecule has 0 saturated carbocycles. The summed E-state index contributed by atoms with van der Waals surface area (Å²) in [6, 6.07) is 10.2. The van der Waals surface area contributed by atoms with Crippen molar-refractivity contribution < 1.29 is 5.11 Å². The Morgan fingerprint density at radius 3 is 1.69 bits per heavy atom. The van der Waals surface area contributed by atoms with Gasteiger partial charge >= 0.3 is 0 Å². The molecule has 0 aliphatic rings. The minimum Gasteiger partial charge on any atom is -0.394 e. The summed E-state index contributed by atoms with van der Waals surface area (Å²) in [4.78, 5) is 0. The van der Waals surface area contributed by atoms with E-state index in [-0.39, 0.29) is 12.1 Å². The van der Waals surface area contributed by atoms with Gasteiger partial charge in [-0.2, -0.15) is 0 Å². The Bertz CT molecular complexity index is 204. The molecule has 3 N–H and O–H groups in total. The quantitative estimate of drug-likeness (QED) is 0.697. The van der Waals surface area contributed by atoms with Crippen molar-refractivity contribution in [1.29, 1.82) is 0 Å². The van der Waals surface area contributed by atoms with Gasteiger partial charge in [-0.3, -0.25) is 0 Å². The number of rotatable bonds is 1. The van der Waals surface area contributed by atoms with Gasteiger partial charge in [0.05, 0.1) is 0 Å². The average molecular weight is 181 g/mol. The summed E-state index contributed by atoms with van der Waals surface area (Å²) in [5.74, 6) is 0. The van der Waals surface area contributed by atoms with Crippen molar-refractivity contribution >= 4 is 0 Å². The first kappa shape index (κ1) is 12.1. The van der Waals surface area contributed by atoms with Crippen molar-refractivity contribution in [3.05, 3.63) is 35.9 Å². The van der Waals surface area contributed by atoms with E-state index in [0.29, 0.717) is 0 Å². The van der Waals surface area contributed by atoms with Gasteiger partial charge in [0.2, 0.25) is 0 Å². The van der Waals surface area contributed by atoms with Gasteiger partial charge < -0.3 is 10.8 Å². The van der Waals surface area contributed by atoms with Crippen LogP contribution in [0, 0.1) is 0 Å². The van der Waals surface area contributed by atoms with Gasteiger partial charge in [-0.05, 0) is 26.3 Å². The normalized spacial score (nSPS) is 11.8. The molecule has 0 amide bonds. The third-order valence-corrected chi connectivity index (χ3v) is 1.33. The maximum atomic E-state index is 8.06. The smallest absolute Gasteiger partial charge is 0.0483 e. The zero-order valence-electron chi connectivity index (χ0n) is 8.57. The SMILES string of the molecule is CC(C)O.CC(N)c1ccccc1. The molecular formula is C11H19NO. The predicted octanol–water partition coefficient (Wildman–Crippen LogP) is 2.09. The van der Waals surface area contributed by atoms with E-state index in [1.54, 1.807) is 13.8 Å². The molecular weight excluding hydrogens is 162 g/mol. The zero-order valence-corrected chi connectivity index (χ0v) is 8.57. The highest BCUT2D eigenvalue weighted by atomic mass is 16.3. The minimum atomic E-state index is -0.167. The van der Waals surface area contributed by atoms with E-state index in [1.165, 1.54) is 5.56 Å². The van der Waals surface area contributed by atoms with Crippen LogP contribution < -0.4 is 5.73 Å². The molecule has 1 unspecified atom stereocenters. The second-order valence-corrected chi connectivity index (χ2v) is 3.29. The number of hydrogen-bond acceptors (Lipinski definition) is 2. The number of aliphatic hydroxyl groups is 1. The fraction of sp³-hybridized carbons (Fsp3) is 0.455. The predicted molar refractivity (Wildman–Crippen MR) is 56.4 cm³/mol. The second kappa shape index (κ2) is 6.63. The highest BCUT2D eigenvalue weighted by Gasteiger charge is 1.93. The Labute approximate surface area is 80.4 Å². The van der Waals surface area contributed by atoms with E-state index in [0.717, 1.165) is 0 Å². The molecule has 0 bridgehead atoms. The summed E-state index contributed by atoms with van der Waals surface area (Å²) in [7, 11) is 0. The average Bonchev–Trinajstić information content (AvgIpc) is 2.05. The van der Waals surface area contributed by atoms with E-state index in [9.17, 15) is 0 Å². The van der Waals surface area contributed by atoms with Crippen LogP contribution in [0.4, 0.5) is 0 Å². The van der Waals surface area contributed by atoms with Crippen LogP contribution >= 0.6 is 0 Å². The molecule has 0 aliphatic heterocycles. The number of hydrogen-bond donors (Lipinski definition) is 2. The Morgan fingerprint density at radius 2 is 1.46 bits per heavy atom. The van der Waals surface area contributed by atoms with Crippen LogP contribution in [-0.4, -0.2) is 11.2 Å². The van der Waals surface area contributed by atoms with Crippen LogP contribution in [0.15, 0.2) is 30.3 Å². The lowest BCUT2D eigenvalue weighted by atomic mass is 10.1. The van der Waals surface area contributed by atoms with E-state index in [1.807, 2.05) is 37.3 Å². The molecule has 0 radical (unpaired) electrons. The highest BCUT2D eigenvalue weighted by molar-refractivity contribution is 5.17. The first-order valence-corrected chi connectivity index (χ1v) is 4.52. The lowest BCUT2D eigenvalue weighted by Crippen LogP contribution is -2.03. The standard InChI is InChI=1S/C8H11N.C3H8O/c1-7(9)8-5-3-2-4-6-8;1-3(2)4/h2-7H,9H2,1H3;3-4H,1-2H3. The topological polar surface area (TPSA) is 46.2 Å². The van der Waals surface area contributed by atoms with E-state index < -0.39 is 0 Å². The highest BCUT2D eigenvalue weighted by Crippen LogP contribution is 2.06. The Hall–Kier alpha value is -0.860. The maximum absolute atomic E-state index is 8.06. The Kier molecular flexibility index (Phi) is 6.20. The molecule has 0 spiro atoms. The van der Waals surface area contributed by atoms with Gasteiger partial charge in [-0.25, -0.2) is 0 Å². The van der Waals surface area contributed by atoms with Gasteiger partial charge in [0.25, 0.3) is 0 Å². The summed E-state index contributed by atoms with van der Waals surface area (Å²) < 4.78 is 0. The van der Waals surface area contributed by atoms with Crippen LogP contribution in [0.1, 0.15) is 32.4 Å². The van der Waals surface area contributed by atoms with Crippen LogP contribution in [0.2, 0.25) is 0 Å². The van der Waals surface area contributed by atoms with Gasteiger partial charge in [-0.15, -0.1) is 0 Å². The van der Waals surface area contributed by atoms with Crippen molar-refractivity contribution in [3.8, 4) is 0 Å². The summed E-state index contributed by atoms with van der Waals surface area (Å²) >= 11 is 0. The third kappa shape index (κ3) is 7.50. The third-order valence-electron chi connectivity index (χ3n) is 1.33. The first-order chi connectivity index (χ1) is 6.04. The van der Waals surface area contributed by atoms with Gasteiger partial charge in [0.15, 0.2) is 0 Å². The fourth-order valence-corrected chi connectivity index (χ4v) is 0.757. The molecule has 13 heavy (non-hydrogen) atoms. The zero-order chi connectivity index (χ0) is 10.3. The summed E-state index contributed by atoms with van der Waals surface area (Å²) in [5, 5.41) is 8.06. The van der Waals surface area contributed by atoms with Gasteiger partial charge in [0.1, 0.15) is 0 Å². The molecule has 2 heteroatoms. The number of aliphatic hydroxyl groups excluding tert-OH is 1. The number of benzene rings is 1. The lowest BCUT2D eigenvalue weighted by Gasteiger charge is -2.02. The van der Waals surface area contributed by atoms with Crippen LogP contribution in [0.25, 0.3) is 0 Å². The minimum absolute atomic E-state index is 0.159. The Morgan fingerprint density at radius 1 is 1.08 bits per heavy atom. The molecule has 1 atom stereocenters. The monoisotopic (exact) mass is 181 g/mol. The van der Waals surface area contributed by atoms with E-state index in [4.69, 9.17) is 10.8 Å². The lowest BCUT2D eigenvalue weighted by molar-refractivity contribution is 0.216. The molecule has 2 nitrogen and oxygen atoms in total. The molecule has 0 aromatic heterocycles. The van der Waals surface area contributed by atoms with Gasteiger partial charge in [0, 0.05) is 12.1 Å². The number of nitrogens with two attached hydrogens (primary N) is 1. The molecule has 0 aliphatic carbocycles. The van der Waals surface area contributed by atoms with Crippen molar-refractivity contribution in [3.63, 3.8) is 0 Å². The molecule has 1 rings (SSSR count). The second-order valence-electron chi connectivity index (χ2n) is 3.29. The summed E-state index contributed by atoms with van der Waals surface area (Å²) in [6.07, 6.45) is -0.167. The molecule has 0 fully saturated rings. The molecule has 1 aromatic rings. The van der Waals surface area contributed by atoms with Crippen molar-refractivity contribution in [2.24, 2.45) is 5.73 Å². The molecule has 74 valence electrons. The van der Waals surface area contributed by atoms with Crippen LogP contribution in [0.3, 0.4) is 0 Å². The van der Waals surface area contributed by atoms with E-state index in [2.05, 4.69) is 0 Å². The van der Waals surface area contributed by atoms with Crippen molar-refractivity contribution in [2.45, 2.75) is 32.9 Å². The first-order valence-electron chi connectivity index (χ1n) is 4.52. The van der Waals surface area contributed by atoms with E-state index >= 15 is 0 Å². The summed E-state index contributed by atoms with van der Waals surface area (Å²) in [5.41, 5.74) is 6.81. The molecule has 0 heterocycles. The molecule has 1 aromatic carbocycles. The van der Waals surface area contributed by atoms with Crippen molar-refractivity contribution in [1.82, 2.24) is 0 Å². The molecule has 0 saturated heterocycles. The Balaban J connectivity index is 0.000000310. The summed E-state index contributed by atoms with van der Waals surface area (Å²) in [6.45, 7) is 5.43. The maximum Gasteiger partial charge on any atom is 0.0483 e. The largest absolute Gasteiger partial charge is 0.394 e. The van der Waals surface area contributed by atoms with Gasteiger partial charge in [-0.1, -0.05) is 30.3 Å². The van der Waals surface area contributed by atoms with Crippen LogP contribution in [0.5, 0.6) is 0 Å².